The summed E-state index contributed by atoms with van der Waals surface area (Å²) in [5, 5.41) is 6.55. The molecule has 4 nitrogen and oxygen atoms in total. The summed E-state index contributed by atoms with van der Waals surface area (Å²) in [6, 6.07) is 0.242. The highest BCUT2D eigenvalue weighted by atomic mass is 32.1. The Hall–Kier alpha value is -0.820. The molecule has 0 saturated carbocycles. The van der Waals surface area contributed by atoms with Gasteiger partial charge in [0.2, 0.25) is 0 Å². The van der Waals surface area contributed by atoms with Gasteiger partial charge in [0.25, 0.3) is 0 Å². The molecule has 0 aromatic carbocycles. The Morgan fingerprint density at radius 2 is 2.44 bits per heavy atom. The van der Waals surface area contributed by atoms with E-state index in [0.29, 0.717) is 6.61 Å². The second-order valence-electron chi connectivity index (χ2n) is 3.52. The normalized spacial score (nSPS) is 21.1. The van der Waals surface area contributed by atoms with Crippen LogP contribution in [0.1, 0.15) is 11.7 Å². The van der Waals surface area contributed by atoms with E-state index in [0.717, 1.165) is 28.7 Å². The topological polar surface area (TPSA) is 47.0 Å². The third-order valence-corrected chi connectivity index (χ3v) is 4.25. The van der Waals surface area contributed by atoms with Crippen molar-refractivity contribution in [1.29, 1.82) is 0 Å². The van der Waals surface area contributed by atoms with Gasteiger partial charge in [-0.05, 0) is 0 Å². The molecule has 3 heterocycles. The summed E-state index contributed by atoms with van der Waals surface area (Å²) in [6.07, 6.45) is 1.86. The van der Waals surface area contributed by atoms with Gasteiger partial charge in [0, 0.05) is 18.1 Å². The summed E-state index contributed by atoms with van der Waals surface area (Å²) >= 11 is 3.29. The molecule has 16 heavy (non-hydrogen) atoms. The molecular formula is C10H11N3OS2. The van der Waals surface area contributed by atoms with Gasteiger partial charge in [-0.15, -0.1) is 22.7 Å². The maximum absolute atomic E-state index is 5.43. The molecule has 2 aromatic heterocycles. The lowest BCUT2D eigenvalue weighted by atomic mass is 10.2. The minimum Gasteiger partial charge on any atom is -0.378 e. The second-order valence-corrected chi connectivity index (χ2v) is 5.27. The average molecular weight is 253 g/mol. The van der Waals surface area contributed by atoms with Gasteiger partial charge in [0.1, 0.15) is 5.01 Å². The predicted molar refractivity (Wildman–Crippen MR) is 64.8 cm³/mol. The van der Waals surface area contributed by atoms with Crippen LogP contribution in [-0.4, -0.2) is 29.7 Å². The summed E-state index contributed by atoms with van der Waals surface area (Å²) in [5.41, 5.74) is 2.91. The average Bonchev–Trinajstić information content (AvgIpc) is 3.01. The maximum atomic E-state index is 5.43. The van der Waals surface area contributed by atoms with Crippen molar-refractivity contribution in [1.82, 2.24) is 15.3 Å². The van der Waals surface area contributed by atoms with Crippen LogP contribution in [0.15, 0.2) is 17.1 Å². The number of ether oxygens (including phenoxy) is 1. The first kappa shape index (κ1) is 10.3. The van der Waals surface area contributed by atoms with Crippen molar-refractivity contribution >= 4 is 22.7 Å². The number of rotatable bonds is 2. The van der Waals surface area contributed by atoms with Crippen LogP contribution in [0.3, 0.4) is 0 Å². The number of hydrogen-bond donors (Lipinski definition) is 1. The number of hydrogen-bond acceptors (Lipinski definition) is 6. The Morgan fingerprint density at radius 1 is 1.44 bits per heavy atom. The summed E-state index contributed by atoms with van der Waals surface area (Å²) in [4.78, 5) is 9.82. The Labute approximate surface area is 101 Å². The number of aromatic nitrogens is 2. The lowest BCUT2D eigenvalue weighted by Gasteiger charge is -2.21. The zero-order valence-electron chi connectivity index (χ0n) is 8.55. The molecule has 2 aromatic rings. The van der Waals surface area contributed by atoms with Crippen LogP contribution in [0, 0.1) is 0 Å². The number of morpholine rings is 1. The number of nitrogens with zero attached hydrogens (tertiary/aromatic N) is 2. The maximum Gasteiger partial charge on any atom is 0.135 e. The molecule has 1 saturated heterocycles. The SMILES string of the molecule is c1ncc(-c2nc(C3COCCN3)cs2)s1. The summed E-state index contributed by atoms with van der Waals surface area (Å²) in [6.45, 7) is 2.41. The summed E-state index contributed by atoms with van der Waals surface area (Å²) < 4.78 is 5.43. The van der Waals surface area contributed by atoms with Gasteiger partial charge in [0.05, 0.1) is 35.3 Å². The fourth-order valence-electron chi connectivity index (χ4n) is 1.64. The van der Waals surface area contributed by atoms with E-state index in [-0.39, 0.29) is 6.04 Å². The van der Waals surface area contributed by atoms with Crippen LogP contribution in [0.5, 0.6) is 0 Å². The molecule has 0 spiro atoms. The molecule has 1 fully saturated rings. The molecule has 1 atom stereocenters. The molecule has 0 amide bonds. The number of thiazole rings is 2. The molecule has 1 aliphatic heterocycles. The lowest BCUT2D eigenvalue weighted by Crippen LogP contribution is -2.34. The minimum absolute atomic E-state index is 0.242. The van der Waals surface area contributed by atoms with Crippen molar-refractivity contribution in [3.63, 3.8) is 0 Å². The van der Waals surface area contributed by atoms with E-state index in [1.165, 1.54) is 0 Å². The highest BCUT2D eigenvalue weighted by molar-refractivity contribution is 7.19. The standard InChI is InChI=1S/C10H11N3OS2/c1-2-14-4-7(12-1)8-5-15-10(13-8)9-3-11-6-16-9/h3,5-7,12H,1-2,4H2. The van der Waals surface area contributed by atoms with Crippen LogP contribution in [-0.2, 0) is 4.74 Å². The van der Waals surface area contributed by atoms with Crippen molar-refractivity contribution in [2.45, 2.75) is 6.04 Å². The van der Waals surface area contributed by atoms with Gasteiger partial charge in [-0.2, -0.15) is 0 Å². The minimum atomic E-state index is 0.242. The van der Waals surface area contributed by atoms with Crippen LogP contribution >= 0.6 is 22.7 Å². The number of nitrogens with one attached hydrogen (secondary N) is 1. The molecule has 1 aliphatic rings. The highest BCUT2D eigenvalue weighted by Gasteiger charge is 2.18. The predicted octanol–water partition coefficient (Wildman–Crippen LogP) is 1.93. The van der Waals surface area contributed by atoms with E-state index >= 15 is 0 Å². The van der Waals surface area contributed by atoms with Crippen molar-refractivity contribution in [2.24, 2.45) is 0 Å². The molecule has 0 radical (unpaired) electrons. The van der Waals surface area contributed by atoms with Crippen molar-refractivity contribution < 1.29 is 4.74 Å². The van der Waals surface area contributed by atoms with Crippen LogP contribution in [0.2, 0.25) is 0 Å². The van der Waals surface area contributed by atoms with E-state index in [9.17, 15) is 0 Å². The molecule has 1 N–H and O–H groups in total. The van der Waals surface area contributed by atoms with Gasteiger partial charge in [-0.1, -0.05) is 0 Å². The van der Waals surface area contributed by atoms with Gasteiger partial charge < -0.3 is 10.1 Å². The Morgan fingerprint density at radius 3 is 3.19 bits per heavy atom. The fourth-order valence-corrected chi connectivity index (χ4v) is 3.20. The zero-order valence-corrected chi connectivity index (χ0v) is 10.2. The first-order chi connectivity index (χ1) is 7.93. The lowest BCUT2D eigenvalue weighted by molar-refractivity contribution is 0.0758. The van der Waals surface area contributed by atoms with E-state index < -0.39 is 0 Å². The van der Waals surface area contributed by atoms with Gasteiger partial charge >= 0.3 is 0 Å². The molecule has 6 heteroatoms. The Kier molecular flexibility index (Phi) is 2.96. The molecular weight excluding hydrogens is 242 g/mol. The van der Waals surface area contributed by atoms with Crippen LogP contribution in [0.4, 0.5) is 0 Å². The van der Waals surface area contributed by atoms with Crippen LogP contribution in [0.25, 0.3) is 9.88 Å². The van der Waals surface area contributed by atoms with Crippen molar-refractivity contribution in [3.8, 4) is 9.88 Å². The van der Waals surface area contributed by atoms with Crippen molar-refractivity contribution in [2.75, 3.05) is 19.8 Å². The monoisotopic (exact) mass is 253 g/mol. The van der Waals surface area contributed by atoms with E-state index in [4.69, 9.17) is 4.74 Å². The van der Waals surface area contributed by atoms with E-state index in [2.05, 4.69) is 20.7 Å². The second kappa shape index (κ2) is 4.58. The van der Waals surface area contributed by atoms with Crippen molar-refractivity contribution in [3.05, 3.63) is 22.8 Å². The van der Waals surface area contributed by atoms with Gasteiger partial charge in [-0.3, -0.25) is 4.98 Å². The third kappa shape index (κ3) is 2.01. The van der Waals surface area contributed by atoms with Gasteiger partial charge in [-0.25, -0.2) is 4.98 Å². The smallest absolute Gasteiger partial charge is 0.135 e. The summed E-state index contributed by atoms with van der Waals surface area (Å²) in [5.74, 6) is 0. The van der Waals surface area contributed by atoms with E-state index in [1.54, 1.807) is 22.7 Å². The Balaban J connectivity index is 1.82. The molecule has 1 unspecified atom stereocenters. The zero-order chi connectivity index (χ0) is 10.8. The quantitative estimate of drug-likeness (QED) is 0.888. The molecule has 3 rings (SSSR count). The largest absolute Gasteiger partial charge is 0.378 e. The molecule has 0 bridgehead atoms. The first-order valence-corrected chi connectivity index (χ1v) is 6.85. The van der Waals surface area contributed by atoms with Crippen LogP contribution < -0.4 is 5.32 Å². The third-order valence-electron chi connectivity index (χ3n) is 2.44. The van der Waals surface area contributed by atoms with E-state index in [1.807, 2.05) is 11.7 Å². The molecule has 84 valence electrons. The first-order valence-electron chi connectivity index (χ1n) is 5.09. The van der Waals surface area contributed by atoms with Gasteiger partial charge in [0.15, 0.2) is 0 Å². The molecule has 0 aliphatic carbocycles. The fraction of sp³-hybridized carbons (Fsp3) is 0.400. The highest BCUT2D eigenvalue weighted by Crippen LogP contribution is 2.29. The summed E-state index contributed by atoms with van der Waals surface area (Å²) in [7, 11) is 0. The Bertz CT molecular complexity index is 448.